The summed E-state index contributed by atoms with van der Waals surface area (Å²) in [6.07, 6.45) is 0. The molecule has 1 aromatic carbocycles. The van der Waals surface area contributed by atoms with Gasteiger partial charge < -0.3 is 10.6 Å². The molecule has 1 aromatic heterocycles. The maximum Gasteiger partial charge on any atom is 0.215 e. The maximum absolute atomic E-state index is 4.63. The Morgan fingerprint density at radius 2 is 1.93 bits per heavy atom. The van der Waals surface area contributed by atoms with Gasteiger partial charge in [0, 0.05) is 6.54 Å². The highest BCUT2D eigenvalue weighted by molar-refractivity contribution is 5.61. The van der Waals surface area contributed by atoms with Crippen molar-refractivity contribution >= 4 is 11.6 Å². The van der Waals surface area contributed by atoms with E-state index in [4.69, 9.17) is 0 Å². The number of anilines is 2. The van der Waals surface area contributed by atoms with Crippen LogP contribution in [0.1, 0.15) is 11.6 Å². The van der Waals surface area contributed by atoms with Crippen molar-refractivity contribution in [2.75, 3.05) is 17.2 Å². The second kappa shape index (κ2) is 3.27. The fourth-order valence-electron chi connectivity index (χ4n) is 1.70. The van der Waals surface area contributed by atoms with Crippen LogP contribution in [0.3, 0.4) is 0 Å². The van der Waals surface area contributed by atoms with Crippen molar-refractivity contribution in [3.05, 3.63) is 35.9 Å². The first-order valence-corrected chi connectivity index (χ1v) is 4.81. The normalized spacial score (nSPS) is 18.8. The Morgan fingerprint density at radius 3 is 2.80 bits per heavy atom. The van der Waals surface area contributed by atoms with Crippen molar-refractivity contribution in [2.24, 2.45) is 0 Å². The van der Waals surface area contributed by atoms with Gasteiger partial charge in [-0.2, -0.15) is 0 Å². The Labute approximate surface area is 86.4 Å². The average molecular weight is 202 g/mol. The summed E-state index contributed by atoms with van der Waals surface area (Å²) in [5, 5.41) is 13.9. The van der Waals surface area contributed by atoms with Crippen molar-refractivity contribution in [3.63, 3.8) is 0 Å². The number of nitrogens with one attached hydrogen (secondary N) is 2. The molecule has 2 aromatic rings. The van der Waals surface area contributed by atoms with Crippen molar-refractivity contribution in [3.8, 4) is 0 Å². The predicted octanol–water partition coefficient (Wildman–Crippen LogP) is 1.65. The molecule has 0 aliphatic carbocycles. The second-order valence-electron chi connectivity index (χ2n) is 3.45. The number of rotatable bonds is 1. The molecule has 1 atom stereocenters. The minimum atomic E-state index is 0.214. The molecule has 0 saturated carbocycles. The fraction of sp³-hybridized carbons (Fsp3) is 0.200. The molecule has 15 heavy (non-hydrogen) atoms. The second-order valence-corrected chi connectivity index (χ2v) is 3.45. The number of hydrogen-bond acceptors (Lipinski definition) is 5. The molecule has 1 unspecified atom stereocenters. The van der Waals surface area contributed by atoms with Gasteiger partial charge in [0.1, 0.15) is 0 Å². The SMILES string of the molecule is c1ccc(C2CNc3nonc3N2)cc1. The Bertz CT molecular complexity index is 453. The van der Waals surface area contributed by atoms with Gasteiger partial charge in [-0.1, -0.05) is 30.3 Å². The first-order chi connectivity index (χ1) is 7.43. The third-order valence-electron chi connectivity index (χ3n) is 2.48. The standard InChI is InChI=1S/C10H10N4O/c1-2-4-7(5-3-1)8-6-11-9-10(12-8)14-15-13-9/h1-5,8H,6H2,(H,11,13)(H,12,14). The highest BCUT2D eigenvalue weighted by Crippen LogP contribution is 2.27. The van der Waals surface area contributed by atoms with Crippen molar-refractivity contribution in [1.29, 1.82) is 0 Å². The zero-order chi connectivity index (χ0) is 10.1. The van der Waals surface area contributed by atoms with Crippen LogP contribution in [0.15, 0.2) is 35.0 Å². The van der Waals surface area contributed by atoms with Crippen LogP contribution >= 0.6 is 0 Å². The van der Waals surface area contributed by atoms with E-state index in [2.05, 4.69) is 37.7 Å². The van der Waals surface area contributed by atoms with E-state index in [0.29, 0.717) is 11.6 Å². The number of benzene rings is 1. The highest BCUT2D eigenvalue weighted by Gasteiger charge is 2.22. The van der Waals surface area contributed by atoms with Gasteiger partial charge in [0.25, 0.3) is 0 Å². The van der Waals surface area contributed by atoms with Crippen LogP contribution in [-0.2, 0) is 0 Å². The van der Waals surface area contributed by atoms with E-state index in [1.165, 1.54) is 5.56 Å². The van der Waals surface area contributed by atoms with Gasteiger partial charge in [-0.05, 0) is 15.9 Å². The Hall–Kier alpha value is -2.04. The van der Waals surface area contributed by atoms with Gasteiger partial charge >= 0.3 is 0 Å². The summed E-state index contributed by atoms with van der Waals surface area (Å²) in [6.45, 7) is 0.783. The molecular weight excluding hydrogens is 192 g/mol. The molecule has 0 fully saturated rings. The first kappa shape index (κ1) is 8.28. The van der Waals surface area contributed by atoms with E-state index in [0.717, 1.165) is 6.54 Å². The third kappa shape index (κ3) is 1.41. The number of fused-ring (bicyclic) bond motifs is 1. The lowest BCUT2D eigenvalue weighted by Crippen LogP contribution is -2.25. The summed E-state index contributed by atoms with van der Waals surface area (Å²) in [5.74, 6) is 1.36. The highest BCUT2D eigenvalue weighted by atomic mass is 16.6. The number of nitrogens with zero attached hydrogens (tertiary/aromatic N) is 2. The molecule has 0 radical (unpaired) electrons. The van der Waals surface area contributed by atoms with E-state index in [1.54, 1.807) is 0 Å². The van der Waals surface area contributed by atoms with Crippen LogP contribution in [0.5, 0.6) is 0 Å². The van der Waals surface area contributed by atoms with Gasteiger partial charge in [0.2, 0.25) is 11.6 Å². The third-order valence-corrected chi connectivity index (χ3v) is 2.48. The van der Waals surface area contributed by atoms with Gasteiger partial charge in [-0.15, -0.1) is 0 Å². The van der Waals surface area contributed by atoms with Crippen LogP contribution < -0.4 is 10.6 Å². The molecule has 2 N–H and O–H groups in total. The molecule has 5 nitrogen and oxygen atoms in total. The zero-order valence-corrected chi connectivity index (χ0v) is 7.97. The molecule has 0 amide bonds. The lowest BCUT2D eigenvalue weighted by Gasteiger charge is -2.23. The summed E-state index contributed by atoms with van der Waals surface area (Å²) in [5.41, 5.74) is 1.22. The minimum absolute atomic E-state index is 0.214. The molecule has 2 heterocycles. The first-order valence-electron chi connectivity index (χ1n) is 4.81. The van der Waals surface area contributed by atoms with E-state index in [-0.39, 0.29) is 6.04 Å². The minimum Gasteiger partial charge on any atom is -0.362 e. The summed E-state index contributed by atoms with van der Waals surface area (Å²) >= 11 is 0. The van der Waals surface area contributed by atoms with Gasteiger partial charge in [0.15, 0.2) is 0 Å². The molecule has 1 aliphatic rings. The van der Waals surface area contributed by atoms with Gasteiger partial charge in [-0.3, -0.25) is 0 Å². The summed E-state index contributed by atoms with van der Waals surface area (Å²) in [6, 6.07) is 10.4. The Balaban J connectivity index is 1.88. The van der Waals surface area contributed by atoms with E-state index in [9.17, 15) is 0 Å². The Kier molecular flexibility index (Phi) is 1.81. The maximum atomic E-state index is 4.63. The van der Waals surface area contributed by atoms with Gasteiger partial charge in [-0.25, -0.2) is 4.63 Å². The van der Waals surface area contributed by atoms with E-state index in [1.807, 2.05) is 18.2 Å². The molecule has 3 rings (SSSR count). The number of aromatic nitrogens is 2. The fourth-order valence-corrected chi connectivity index (χ4v) is 1.70. The molecule has 0 saturated heterocycles. The molecule has 5 heteroatoms. The average Bonchev–Trinajstić information content (AvgIpc) is 2.77. The van der Waals surface area contributed by atoms with Crippen LogP contribution in [-0.4, -0.2) is 16.9 Å². The number of hydrogen-bond donors (Lipinski definition) is 2. The summed E-state index contributed by atoms with van der Waals surface area (Å²) < 4.78 is 4.63. The van der Waals surface area contributed by atoms with Crippen molar-refractivity contribution in [2.45, 2.75) is 6.04 Å². The largest absolute Gasteiger partial charge is 0.362 e. The van der Waals surface area contributed by atoms with Crippen LogP contribution in [0, 0.1) is 0 Å². The molecule has 1 aliphatic heterocycles. The molecule has 76 valence electrons. The summed E-state index contributed by atoms with van der Waals surface area (Å²) in [7, 11) is 0. The van der Waals surface area contributed by atoms with E-state index >= 15 is 0 Å². The van der Waals surface area contributed by atoms with Crippen LogP contribution in [0.2, 0.25) is 0 Å². The van der Waals surface area contributed by atoms with Crippen molar-refractivity contribution < 1.29 is 4.63 Å². The zero-order valence-electron chi connectivity index (χ0n) is 7.97. The predicted molar refractivity (Wildman–Crippen MR) is 55.6 cm³/mol. The van der Waals surface area contributed by atoms with Crippen molar-refractivity contribution in [1.82, 2.24) is 10.3 Å². The monoisotopic (exact) mass is 202 g/mol. The molecule has 0 spiro atoms. The van der Waals surface area contributed by atoms with Crippen LogP contribution in [0.4, 0.5) is 11.6 Å². The summed E-state index contributed by atoms with van der Waals surface area (Å²) in [4.78, 5) is 0. The lowest BCUT2D eigenvalue weighted by atomic mass is 10.1. The molecule has 0 bridgehead atoms. The van der Waals surface area contributed by atoms with E-state index < -0.39 is 0 Å². The smallest absolute Gasteiger partial charge is 0.215 e. The Morgan fingerprint density at radius 1 is 1.13 bits per heavy atom. The molecular formula is C10H10N4O. The topological polar surface area (TPSA) is 63.0 Å². The quantitative estimate of drug-likeness (QED) is 0.736. The van der Waals surface area contributed by atoms with Crippen LogP contribution in [0.25, 0.3) is 0 Å². The lowest BCUT2D eigenvalue weighted by molar-refractivity contribution is 0.310. The van der Waals surface area contributed by atoms with Gasteiger partial charge in [0.05, 0.1) is 6.04 Å².